The van der Waals surface area contributed by atoms with Crippen molar-refractivity contribution in [3.8, 4) is 5.75 Å². The molecule has 0 aliphatic heterocycles. The maximum Gasteiger partial charge on any atom is 0.339 e. The molecule has 5 nitrogen and oxygen atoms in total. The minimum absolute atomic E-state index is 0.134. The van der Waals surface area contributed by atoms with Crippen molar-refractivity contribution in [2.24, 2.45) is 0 Å². The van der Waals surface area contributed by atoms with E-state index < -0.39 is 10.1 Å². The number of carbonyl (C=O) groups excluding carboxylic acids is 1. The first-order chi connectivity index (χ1) is 14.1. The van der Waals surface area contributed by atoms with Gasteiger partial charge in [-0.3, -0.25) is 4.79 Å². The van der Waals surface area contributed by atoms with E-state index in [9.17, 15) is 13.2 Å². The van der Waals surface area contributed by atoms with E-state index in [1.165, 1.54) is 12.1 Å². The molecule has 0 aromatic heterocycles. The summed E-state index contributed by atoms with van der Waals surface area (Å²) in [5.74, 6) is -0.121. The lowest BCUT2D eigenvalue weighted by molar-refractivity contribution is 0.102. The van der Waals surface area contributed by atoms with E-state index in [-0.39, 0.29) is 16.6 Å². The second-order valence-corrected chi connectivity index (χ2v) is 9.07. The Kier molecular flexibility index (Phi) is 5.99. The highest BCUT2D eigenvalue weighted by Gasteiger charge is 2.20. The highest BCUT2D eigenvalue weighted by atomic mass is 32.2. The van der Waals surface area contributed by atoms with Gasteiger partial charge in [-0.2, -0.15) is 8.42 Å². The minimum Gasteiger partial charge on any atom is -0.379 e. The number of hydrogen-bond donors (Lipinski definition) is 1. The third-order valence-electron chi connectivity index (χ3n) is 4.85. The molecule has 3 rings (SSSR count). The molecule has 30 heavy (non-hydrogen) atoms. The van der Waals surface area contributed by atoms with Crippen molar-refractivity contribution in [2.75, 3.05) is 5.32 Å². The van der Waals surface area contributed by atoms with Gasteiger partial charge in [-0.25, -0.2) is 0 Å². The number of carbonyl (C=O) groups is 1. The quantitative estimate of drug-likeness (QED) is 0.569. The first-order valence-electron chi connectivity index (χ1n) is 9.58. The maximum atomic E-state index is 12.6. The zero-order valence-electron chi connectivity index (χ0n) is 17.7. The van der Waals surface area contributed by atoms with Crippen molar-refractivity contribution in [1.82, 2.24) is 0 Å². The Morgan fingerprint density at radius 1 is 0.767 bits per heavy atom. The third kappa shape index (κ3) is 4.71. The number of hydrogen-bond acceptors (Lipinski definition) is 4. The van der Waals surface area contributed by atoms with Crippen LogP contribution in [0.4, 0.5) is 5.69 Å². The van der Waals surface area contributed by atoms with E-state index in [1.54, 1.807) is 31.2 Å². The van der Waals surface area contributed by atoms with Gasteiger partial charge in [0.05, 0.1) is 0 Å². The molecule has 1 N–H and O–H groups in total. The van der Waals surface area contributed by atoms with Crippen molar-refractivity contribution < 1.29 is 17.4 Å². The molecule has 0 spiro atoms. The molecule has 0 radical (unpaired) electrons. The summed E-state index contributed by atoms with van der Waals surface area (Å²) in [7, 11) is -3.96. The van der Waals surface area contributed by atoms with Gasteiger partial charge >= 0.3 is 10.1 Å². The Morgan fingerprint density at radius 2 is 1.37 bits per heavy atom. The summed E-state index contributed by atoms with van der Waals surface area (Å²) in [6.07, 6.45) is 0. The molecule has 0 bridgehead atoms. The van der Waals surface area contributed by atoms with Gasteiger partial charge in [-0.15, -0.1) is 0 Å². The van der Waals surface area contributed by atoms with Gasteiger partial charge in [-0.05, 0) is 87.2 Å². The minimum atomic E-state index is -3.96. The first kappa shape index (κ1) is 21.6. The number of nitrogens with one attached hydrogen (secondary N) is 1. The van der Waals surface area contributed by atoms with Crippen molar-refractivity contribution in [2.45, 2.75) is 39.5 Å². The summed E-state index contributed by atoms with van der Waals surface area (Å²) in [5.41, 5.74) is 5.74. The van der Waals surface area contributed by atoms with Crippen LogP contribution >= 0.6 is 0 Å². The number of anilines is 1. The molecule has 0 heterocycles. The lowest BCUT2D eigenvalue weighted by Gasteiger charge is -2.13. The fourth-order valence-electron chi connectivity index (χ4n) is 3.37. The van der Waals surface area contributed by atoms with Gasteiger partial charge < -0.3 is 9.50 Å². The Balaban J connectivity index is 1.78. The van der Waals surface area contributed by atoms with Gasteiger partial charge in [0.2, 0.25) is 0 Å². The number of rotatable bonds is 5. The molecule has 3 aromatic carbocycles. The monoisotopic (exact) mass is 423 g/mol. The SMILES string of the molecule is Cc1cc(C)c(NC(=O)c2ccc(OS(=O)(=O)c3cc(C)ccc3C)cc2)c(C)c1. The average molecular weight is 424 g/mol. The summed E-state index contributed by atoms with van der Waals surface area (Å²) >= 11 is 0. The summed E-state index contributed by atoms with van der Waals surface area (Å²) in [6.45, 7) is 9.45. The molecule has 0 aliphatic carbocycles. The Hall–Kier alpha value is -3.12. The van der Waals surface area contributed by atoms with E-state index in [0.29, 0.717) is 11.1 Å². The highest BCUT2D eigenvalue weighted by molar-refractivity contribution is 7.87. The van der Waals surface area contributed by atoms with Crippen molar-refractivity contribution in [1.29, 1.82) is 0 Å². The van der Waals surface area contributed by atoms with Gasteiger partial charge in [0.25, 0.3) is 5.91 Å². The zero-order chi connectivity index (χ0) is 22.1. The van der Waals surface area contributed by atoms with Crippen LogP contribution in [0.3, 0.4) is 0 Å². The summed E-state index contributed by atoms with van der Waals surface area (Å²) < 4.78 is 30.5. The molecule has 0 atom stereocenters. The van der Waals surface area contributed by atoms with Crippen LogP contribution in [0.1, 0.15) is 38.2 Å². The van der Waals surface area contributed by atoms with E-state index >= 15 is 0 Å². The fourth-order valence-corrected chi connectivity index (χ4v) is 4.62. The van der Waals surface area contributed by atoms with Crippen LogP contribution in [-0.4, -0.2) is 14.3 Å². The van der Waals surface area contributed by atoms with Crippen LogP contribution in [0.2, 0.25) is 0 Å². The molecule has 3 aromatic rings. The van der Waals surface area contributed by atoms with Gasteiger partial charge in [-0.1, -0.05) is 29.8 Å². The van der Waals surface area contributed by atoms with Crippen LogP contribution in [0, 0.1) is 34.6 Å². The topological polar surface area (TPSA) is 72.5 Å². The smallest absolute Gasteiger partial charge is 0.339 e. The first-order valence-corrected chi connectivity index (χ1v) is 11.0. The Bertz CT molecular complexity index is 1190. The lowest BCUT2D eigenvalue weighted by Crippen LogP contribution is -2.14. The highest BCUT2D eigenvalue weighted by Crippen LogP contribution is 2.25. The molecule has 1 amide bonds. The lowest BCUT2D eigenvalue weighted by atomic mass is 10.0. The third-order valence-corrected chi connectivity index (χ3v) is 6.24. The molecule has 0 fully saturated rings. The zero-order valence-corrected chi connectivity index (χ0v) is 18.6. The van der Waals surface area contributed by atoms with E-state index in [1.807, 2.05) is 45.9 Å². The average Bonchev–Trinajstić information content (AvgIpc) is 2.66. The maximum absolute atomic E-state index is 12.6. The summed E-state index contributed by atoms with van der Waals surface area (Å²) in [4.78, 5) is 12.8. The van der Waals surface area contributed by atoms with E-state index in [2.05, 4.69) is 5.32 Å². The second-order valence-electron chi connectivity index (χ2n) is 7.56. The standard InChI is InChI=1S/C24H25NO4S/c1-15-6-7-17(3)22(14-15)30(27,28)29-21-10-8-20(9-11-21)24(26)25-23-18(4)12-16(2)13-19(23)5/h6-14H,1-5H3,(H,25,26). The van der Waals surface area contributed by atoms with Gasteiger partial charge in [0.1, 0.15) is 10.6 Å². The Labute approximate surface area is 177 Å². The normalized spacial score (nSPS) is 11.2. The van der Waals surface area contributed by atoms with Crippen molar-refractivity contribution in [3.63, 3.8) is 0 Å². The molecule has 0 aliphatic rings. The molecule has 0 saturated carbocycles. The molecule has 0 unspecified atom stereocenters. The molecule has 156 valence electrons. The molecular formula is C24H25NO4S. The van der Waals surface area contributed by atoms with Gasteiger partial charge in [0, 0.05) is 11.3 Å². The van der Waals surface area contributed by atoms with E-state index in [0.717, 1.165) is 27.9 Å². The van der Waals surface area contributed by atoms with Crippen LogP contribution in [0.15, 0.2) is 59.5 Å². The number of aryl methyl sites for hydroxylation is 5. The van der Waals surface area contributed by atoms with Crippen LogP contribution in [0.5, 0.6) is 5.75 Å². The molecule has 6 heteroatoms. The number of benzene rings is 3. The van der Waals surface area contributed by atoms with Crippen LogP contribution < -0.4 is 9.50 Å². The van der Waals surface area contributed by atoms with Gasteiger partial charge in [0.15, 0.2) is 0 Å². The summed E-state index contributed by atoms with van der Waals surface area (Å²) in [5, 5.41) is 2.93. The van der Waals surface area contributed by atoms with Crippen molar-refractivity contribution >= 4 is 21.7 Å². The second kappa shape index (κ2) is 8.32. The summed E-state index contributed by atoms with van der Waals surface area (Å²) in [6, 6.07) is 15.2. The van der Waals surface area contributed by atoms with Crippen LogP contribution in [0.25, 0.3) is 0 Å². The largest absolute Gasteiger partial charge is 0.379 e. The predicted octanol–water partition coefficient (Wildman–Crippen LogP) is 5.25. The fraction of sp³-hybridized carbons (Fsp3) is 0.208. The predicted molar refractivity (Wildman–Crippen MR) is 119 cm³/mol. The molecule has 0 saturated heterocycles. The van der Waals surface area contributed by atoms with E-state index in [4.69, 9.17) is 4.18 Å². The van der Waals surface area contributed by atoms with Crippen molar-refractivity contribution in [3.05, 3.63) is 88.0 Å². The number of amides is 1. The van der Waals surface area contributed by atoms with Crippen LogP contribution in [-0.2, 0) is 10.1 Å². The molecular weight excluding hydrogens is 398 g/mol. The Morgan fingerprint density at radius 3 is 1.97 bits per heavy atom.